The van der Waals surface area contributed by atoms with Gasteiger partial charge in [-0.25, -0.2) is 4.39 Å². The summed E-state index contributed by atoms with van der Waals surface area (Å²) < 4.78 is 49.9. The molecule has 78 valence electrons. The molecule has 1 nitrogen and oxygen atoms in total. The SMILES string of the molecule is Nc1ccc(CCl)c(F)c1C(F)(F)F. The predicted octanol–water partition coefficient (Wildman–Crippen LogP) is 3.17. The molecular weight excluding hydrogens is 222 g/mol. The van der Waals surface area contributed by atoms with E-state index in [9.17, 15) is 17.6 Å². The van der Waals surface area contributed by atoms with E-state index in [2.05, 4.69) is 0 Å². The number of nitrogens with two attached hydrogens (primary N) is 1. The van der Waals surface area contributed by atoms with E-state index in [4.69, 9.17) is 17.3 Å². The van der Waals surface area contributed by atoms with Crippen LogP contribution in [0.3, 0.4) is 0 Å². The van der Waals surface area contributed by atoms with Gasteiger partial charge in [-0.1, -0.05) is 6.07 Å². The van der Waals surface area contributed by atoms with E-state index in [0.717, 1.165) is 12.1 Å². The fourth-order valence-corrected chi connectivity index (χ4v) is 1.23. The minimum atomic E-state index is -4.80. The number of anilines is 1. The smallest absolute Gasteiger partial charge is 0.398 e. The Morgan fingerprint density at radius 1 is 1.29 bits per heavy atom. The molecule has 0 fully saturated rings. The number of hydrogen-bond acceptors (Lipinski definition) is 1. The third-order valence-electron chi connectivity index (χ3n) is 1.68. The summed E-state index contributed by atoms with van der Waals surface area (Å²) in [6.07, 6.45) is -4.80. The van der Waals surface area contributed by atoms with Gasteiger partial charge in [-0.15, -0.1) is 11.6 Å². The van der Waals surface area contributed by atoms with E-state index in [-0.39, 0.29) is 11.4 Å². The normalized spacial score (nSPS) is 11.8. The lowest BCUT2D eigenvalue weighted by Gasteiger charge is -2.12. The number of hydrogen-bond donors (Lipinski definition) is 1. The molecule has 1 rings (SSSR count). The molecule has 0 radical (unpaired) electrons. The summed E-state index contributed by atoms with van der Waals surface area (Å²) in [4.78, 5) is 0. The molecule has 2 N–H and O–H groups in total. The van der Waals surface area contributed by atoms with Gasteiger partial charge in [0.2, 0.25) is 0 Å². The molecule has 0 aliphatic heterocycles. The maximum atomic E-state index is 13.1. The Balaban J connectivity index is 3.40. The molecule has 0 heterocycles. The van der Waals surface area contributed by atoms with Crippen molar-refractivity contribution >= 4 is 17.3 Å². The lowest BCUT2D eigenvalue weighted by molar-refractivity contribution is -0.139. The first-order chi connectivity index (χ1) is 6.38. The lowest BCUT2D eigenvalue weighted by Crippen LogP contribution is -2.13. The Labute approximate surface area is 82.5 Å². The Bertz CT molecular complexity index is 348. The molecule has 0 unspecified atom stereocenters. The standard InChI is InChI=1S/C8H6ClF4N/c9-3-4-1-2-5(14)6(7(4)10)8(11,12)13/h1-2H,3,14H2. The van der Waals surface area contributed by atoms with Gasteiger partial charge in [-0.05, 0) is 6.07 Å². The van der Waals surface area contributed by atoms with Crippen LogP contribution in [-0.4, -0.2) is 0 Å². The number of rotatable bonds is 1. The predicted molar refractivity (Wildman–Crippen MR) is 45.4 cm³/mol. The molecule has 0 atom stereocenters. The van der Waals surface area contributed by atoms with E-state index >= 15 is 0 Å². The monoisotopic (exact) mass is 227 g/mol. The summed E-state index contributed by atoms with van der Waals surface area (Å²) in [5, 5.41) is 0. The molecule has 0 aliphatic rings. The molecule has 0 aromatic heterocycles. The summed E-state index contributed by atoms with van der Waals surface area (Å²) in [7, 11) is 0. The largest absolute Gasteiger partial charge is 0.421 e. The first kappa shape index (κ1) is 11.1. The van der Waals surface area contributed by atoms with Crippen LogP contribution in [0.2, 0.25) is 0 Å². The molecule has 6 heteroatoms. The van der Waals surface area contributed by atoms with Crippen molar-refractivity contribution in [3.8, 4) is 0 Å². The van der Waals surface area contributed by atoms with Crippen LogP contribution in [0.1, 0.15) is 11.1 Å². The number of benzene rings is 1. The van der Waals surface area contributed by atoms with Crippen molar-refractivity contribution in [3.05, 3.63) is 29.1 Å². The van der Waals surface area contributed by atoms with Crippen LogP contribution in [0.4, 0.5) is 23.2 Å². The highest BCUT2D eigenvalue weighted by Gasteiger charge is 2.37. The molecule has 0 amide bonds. The van der Waals surface area contributed by atoms with Crippen LogP contribution in [0.5, 0.6) is 0 Å². The molecule has 14 heavy (non-hydrogen) atoms. The topological polar surface area (TPSA) is 26.0 Å². The molecular formula is C8H6ClF4N. The van der Waals surface area contributed by atoms with Crippen molar-refractivity contribution in [1.29, 1.82) is 0 Å². The fourth-order valence-electron chi connectivity index (χ4n) is 1.03. The summed E-state index contributed by atoms with van der Waals surface area (Å²) in [6, 6.07) is 2.12. The van der Waals surface area contributed by atoms with Crippen molar-refractivity contribution < 1.29 is 17.6 Å². The van der Waals surface area contributed by atoms with Gasteiger partial charge in [0.05, 0.1) is 5.88 Å². The van der Waals surface area contributed by atoms with E-state index in [1.54, 1.807) is 0 Å². The molecule has 0 spiro atoms. The van der Waals surface area contributed by atoms with E-state index < -0.39 is 23.2 Å². The number of nitrogen functional groups attached to an aromatic ring is 1. The van der Waals surface area contributed by atoms with Gasteiger partial charge in [0, 0.05) is 11.3 Å². The molecule has 1 aromatic rings. The fraction of sp³-hybridized carbons (Fsp3) is 0.250. The zero-order chi connectivity index (χ0) is 10.9. The number of alkyl halides is 4. The highest BCUT2D eigenvalue weighted by molar-refractivity contribution is 6.17. The van der Waals surface area contributed by atoms with Gasteiger partial charge < -0.3 is 5.73 Å². The van der Waals surface area contributed by atoms with E-state index in [1.807, 2.05) is 0 Å². The van der Waals surface area contributed by atoms with Crippen LogP contribution >= 0.6 is 11.6 Å². The van der Waals surface area contributed by atoms with Gasteiger partial charge in [0.15, 0.2) is 0 Å². The number of halogens is 5. The minimum absolute atomic E-state index is 0.215. The highest BCUT2D eigenvalue weighted by Crippen LogP contribution is 2.36. The summed E-state index contributed by atoms with van der Waals surface area (Å²) in [6.45, 7) is 0. The van der Waals surface area contributed by atoms with Crippen LogP contribution in [0, 0.1) is 5.82 Å². The Hall–Kier alpha value is -0.970. The first-order valence-corrected chi connectivity index (χ1v) is 4.11. The summed E-state index contributed by atoms with van der Waals surface area (Å²) in [5.74, 6) is -1.72. The van der Waals surface area contributed by atoms with Crippen molar-refractivity contribution in [2.45, 2.75) is 12.1 Å². The average Bonchev–Trinajstić information content (AvgIpc) is 2.02. The van der Waals surface area contributed by atoms with Crippen molar-refractivity contribution in [1.82, 2.24) is 0 Å². The van der Waals surface area contributed by atoms with Crippen LogP contribution in [0.25, 0.3) is 0 Å². The second-order valence-corrected chi connectivity index (χ2v) is 2.90. The summed E-state index contributed by atoms with van der Waals surface area (Å²) in [5.41, 5.74) is 2.73. The van der Waals surface area contributed by atoms with E-state index in [0.29, 0.717) is 0 Å². The van der Waals surface area contributed by atoms with Gasteiger partial charge in [-0.2, -0.15) is 13.2 Å². The quantitative estimate of drug-likeness (QED) is 0.445. The molecule has 0 saturated carbocycles. The van der Waals surface area contributed by atoms with Gasteiger partial charge in [0.25, 0.3) is 0 Å². The average molecular weight is 228 g/mol. The molecule has 0 bridgehead atoms. The van der Waals surface area contributed by atoms with Crippen molar-refractivity contribution in [2.24, 2.45) is 0 Å². The minimum Gasteiger partial charge on any atom is -0.398 e. The highest BCUT2D eigenvalue weighted by atomic mass is 35.5. The van der Waals surface area contributed by atoms with Crippen LogP contribution in [-0.2, 0) is 12.1 Å². The van der Waals surface area contributed by atoms with E-state index in [1.165, 1.54) is 0 Å². The third kappa shape index (κ3) is 1.92. The zero-order valence-corrected chi connectivity index (χ0v) is 7.58. The Morgan fingerprint density at radius 2 is 1.86 bits per heavy atom. The van der Waals surface area contributed by atoms with Crippen LogP contribution < -0.4 is 5.73 Å². The molecule has 0 saturated heterocycles. The lowest BCUT2D eigenvalue weighted by atomic mass is 10.1. The maximum absolute atomic E-state index is 13.1. The van der Waals surface area contributed by atoms with Crippen molar-refractivity contribution in [2.75, 3.05) is 5.73 Å². The van der Waals surface area contributed by atoms with Gasteiger partial charge >= 0.3 is 6.18 Å². The zero-order valence-electron chi connectivity index (χ0n) is 6.83. The summed E-state index contributed by atoms with van der Waals surface area (Å²) >= 11 is 5.26. The van der Waals surface area contributed by atoms with Crippen LogP contribution in [0.15, 0.2) is 12.1 Å². The molecule has 1 aromatic carbocycles. The Morgan fingerprint density at radius 3 is 2.29 bits per heavy atom. The maximum Gasteiger partial charge on any atom is 0.421 e. The first-order valence-electron chi connectivity index (χ1n) is 3.58. The Kier molecular flexibility index (Phi) is 2.89. The van der Waals surface area contributed by atoms with Gasteiger partial charge in [-0.3, -0.25) is 0 Å². The van der Waals surface area contributed by atoms with Crippen molar-refractivity contribution in [3.63, 3.8) is 0 Å². The third-order valence-corrected chi connectivity index (χ3v) is 1.97. The second-order valence-electron chi connectivity index (χ2n) is 2.63. The van der Waals surface area contributed by atoms with Gasteiger partial charge in [0.1, 0.15) is 11.4 Å². The second kappa shape index (κ2) is 3.65. The molecule has 0 aliphatic carbocycles.